The molecule has 0 spiro atoms. The number of rotatable bonds is 6. The minimum Gasteiger partial charge on any atom is -0.340 e. The predicted molar refractivity (Wildman–Crippen MR) is 115 cm³/mol. The topological polar surface area (TPSA) is 66.9 Å². The maximum atomic E-state index is 11.6. The van der Waals surface area contributed by atoms with Gasteiger partial charge < -0.3 is 10.6 Å². The highest BCUT2D eigenvalue weighted by Gasteiger charge is 2.11. The molecule has 0 aliphatic rings. The number of anilines is 4. The fourth-order valence-electron chi connectivity index (χ4n) is 3.13. The second-order valence-corrected chi connectivity index (χ2v) is 7.27. The summed E-state index contributed by atoms with van der Waals surface area (Å²) >= 11 is 0. The van der Waals surface area contributed by atoms with Crippen LogP contribution in [0.5, 0.6) is 0 Å². The van der Waals surface area contributed by atoms with Gasteiger partial charge in [-0.05, 0) is 49.9 Å². The third kappa shape index (κ3) is 4.55. The molecule has 0 unspecified atom stereocenters. The van der Waals surface area contributed by atoms with E-state index in [0.29, 0.717) is 23.1 Å². The zero-order chi connectivity index (χ0) is 20.3. The summed E-state index contributed by atoms with van der Waals surface area (Å²) in [5, 5.41) is 6.75. The number of hydrogen-bond acceptors (Lipinski definition) is 5. The van der Waals surface area contributed by atoms with Crippen molar-refractivity contribution in [3.05, 3.63) is 71.0 Å². The first-order valence-corrected chi connectivity index (χ1v) is 9.43. The Morgan fingerprint density at radius 1 is 0.929 bits per heavy atom. The second-order valence-electron chi connectivity index (χ2n) is 7.27. The summed E-state index contributed by atoms with van der Waals surface area (Å²) in [6.45, 7) is 9.88. The fourth-order valence-corrected chi connectivity index (χ4v) is 3.13. The van der Waals surface area contributed by atoms with Crippen LogP contribution in [0, 0.1) is 13.8 Å². The van der Waals surface area contributed by atoms with Crippen LogP contribution in [0.25, 0.3) is 0 Å². The van der Waals surface area contributed by atoms with Gasteiger partial charge in [0, 0.05) is 23.0 Å². The molecule has 28 heavy (non-hydrogen) atoms. The number of carbonyl (C=O) groups excluding carboxylic acids is 1. The van der Waals surface area contributed by atoms with Crippen LogP contribution in [0.3, 0.4) is 0 Å². The van der Waals surface area contributed by atoms with Crippen LogP contribution in [-0.2, 0) is 0 Å². The Labute approximate surface area is 166 Å². The first-order chi connectivity index (χ1) is 13.3. The summed E-state index contributed by atoms with van der Waals surface area (Å²) in [6, 6.07) is 15.6. The molecular formula is C23H26N4O. The smallest absolute Gasteiger partial charge is 0.159 e. The average molecular weight is 374 g/mol. The van der Waals surface area contributed by atoms with Gasteiger partial charge in [-0.15, -0.1) is 0 Å². The SMILES string of the molecule is CC(=O)c1cccc(Nc2cc(Nc3c(C)cccc3C(C)C)nc(C)n2)c1. The second kappa shape index (κ2) is 8.21. The van der Waals surface area contributed by atoms with Crippen molar-refractivity contribution in [2.45, 2.75) is 40.5 Å². The van der Waals surface area contributed by atoms with Crippen molar-refractivity contribution in [3.63, 3.8) is 0 Å². The maximum Gasteiger partial charge on any atom is 0.159 e. The number of nitrogens with zero attached hydrogens (tertiary/aromatic N) is 2. The summed E-state index contributed by atoms with van der Waals surface area (Å²) in [5.74, 6) is 2.50. The Morgan fingerprint density at radius 3 is 2.29 bits per heavy atom. The minimum atomic E-state index is 0.0330. The summed E-state index contributed by atoms with van der Waals surface area (Å²) in [6.07, 6.45) is 0. The molecule has 0 aliphatic carbocycles. The van der Waals surface area contributed by atoms with E-state index in [4.69, 9.17) is 0 Å². The van der Waals surface area contributed by atoms with Crippen molar-refractivity contribution >= 4 is 28.8 Å². The lowest BCUT2D eigenvalue weighted by molar-refractivity contribution is 0.101. The molecule has 0 aliphatic heterocycles. The van der Waals surface area contributed by atoms with Gasteiger partial charge in [0.15, 0.2) is 5.78 Å². The lowest BCUT2D eigenvalue weighted by Crippen LogP contribution is -2.05. The van der Waals surface area contributed by atoms with Crippen molar-refractivity contribution in [3.8, 4) is 0 Å². The van der Waals surface area contributed by atoms with E-state index in [-0.39, 0.29) is 5.78 Å². The van der Waals surface area contributed by atoms with E-state index in [0.717, 1.165) is 17.2 Å². The molecule has 3 rings (SSSR count). The number of para-hydroxylation sites is 1. The van der Waals surface area contributed by atoms with Gasteiger partial charge in [0.25, 0.3) is 0 Å². The molecule has 0 fully saturated rings. The maximum absolute atomic E-state index is 11.6. The molecule has 0 amide bonds. The van der Waals surface area contributed by atoms with Gasteiger partial charge in [0.05, 0.1) is 0 Å². The molecule has 0 atom stereocenters. The van der Waals surface area contributed by atoms with E-state index >= 15 is 0 Å². The molecule has 1 heterocycles. The molecule has 2 N–H and O–H groups in total. The van der Waals surface area contributed by atoms with Crippen molar-refractivity contribution in [1.82, 2.24) is 9.97 Å². The van der Waals surface area contributed by atoms with Gasteiger partial charge in [-0.25, -0.2) is 9.97 Å². The number of ketones is 1. The third-order valence-corrected chi connectivity index (χ3v) is 4.56. The van der Waals surface area contributed by atoms with Crippen molar-refractivity contribution in [2.24, 2.45) is 0 Å². The first-order valence-electron chi connectivity index (χ1n) is 9.43. The highest BCUT2D eigenvalue weighted by molar-refractivity contribution is 5.95. The van der Waals surface area contributed by atoms with E-state index in [1.165, 1.54) is 11.1 Å². The molecular weight excluding hydrogens is 348 g/mol. The van der Waals surface area contributed by atoms with Crippen LogP contribution >= 0.6 is 0 Å². The lowest BCUT2D eigenvalue weighted by Gasteiger charge is -2.17. The van der Waals surface area contributed by atoms with Crippen LogP contribution in [0.2, 0.25) is 0 Å². The van der Waals surface area contributed by atoms with Crippen LogP contribution in [0.1, 0.15) is 54.0 Å². The van der Waals surface area contributed by atoms with Gasteiger partial charge in [-0.2, -0.15) is 0 Å². The Hall–Kier alpha value is -3.21. The summed E-state index contributed by atoms with van der Waals surface area (Å²) < 4.78 is 0. The summed E-state index contributed by atoms with van der Waals surface area (Å²) in [5.41, 5.74) is 4.98. The standard InChI is InChI=1S/C23H26N4O/c1-14(2)20-11-6-8-15(3)23(20)27-22-13-21(24-17(5)25-22)26-19-10-7-9-18(12-19)16(4)28/h6-14H,1-5H3,(H2,24,25,26,27). The quantitative estimate of drug-likeness (QED) is 0.525. The number of hydrogen-bond donors (Lipinski definition) is 2. The van der Waals surface area contributed by atoms with E-state index in [9.17, 15) is 4.79 Å². The van der Waals surface area contributed by atoms with Gasteiger partial charge in [0.1, 0.15) is 17.5 Å². The van der Waals surface area contributed by atoms with Crippen LogP contribution in [-0.4, -0.2) is 15.8 Å². The first kappa shape index (κ1) is 19.5. The molecule has 3 aromatic rings. The number of carbonyl (C=O) groups is 1. The molecule has 5 heteroatoms. The van der Waals surface area contributed by atoms with Crippen LogP contribution in [0.4, 0.5) is 23.0 Å². The fraction of sp³-hybridized carbons (Fsp3) is 0.261. The number of benzene rings is 2. The highest BCUT2D eigenvalue weighted by atomic mass is 16.1. The number of aromatic nitrogens is 2. The molecule has 0 saturated carbocycles. The zero-order valence-electron chi connectivity index (χ0n) is 17.0. The number of Topliss-reactive ketones (excluding diaryl/α,β-unsaturated/α-hetero) is 1. The number of nitrogens with one attached hydrogen (secondary N) is 2. The van der Waals surface area contributed by atoms with Crippen LogP contribution in [0.15, 0.2) is 48.5 Å². The largest absolute Gasteiger partial charge is 0.340 e. The molecule has 0 radical (unpaired) electrons. The Morgan fingerprint density at radius 2 is 1.61 bits per heavy atom. The average Bonchev–Trinajstić information content (AvgIpc) is 2.63. The normalized spacial score (nSPS) is 10.8. The summed E-state index contributed by atoms with van der Waals surface area (Å²) in [4.78, 5) is 20.6. The minimum absolute atomic E-state index is 0.0330. The predicted octanol–water partition coefficient (Wildman–Crippen LogP) is 5.91. The molecule has 5 nitrogen and oxygen atoms in total. The van der Waals surface area contributed by atoms with Crippen molar-refractivity contribution in [1.29, 1.82) is 0 Å². The summed E-state index contributed by atoms with van der Waals surface area (Å²) in [7, 11) is 0. The Kier molecular flexibility index (Phi) is 5.73. The van der Waals surface area contributed by atoms with Gasteiger partial charge in [0.2, 0.25) is 0 Å². The molecule has 1 aromatic heterocycles. The molecule has 0 bridgehead atoms. The molecule has 144 valence electrons. The van der Waals surface area contributed by atoms with Gasteiger partial charge in [-0.3, -0.25) is 4.79 Å². The van der Waals surface area contributed by atoms with E-state index in [1.807, 2.05) is 31.2 Å². The molecule has 0 saturated heterocycles. The van der Waals surface area contributed by atoms with Crippen molar-refractivity contribution < 1.29 is 4.79 Å². The third-order valence-electron chi connectivity index (χ3n) is 4.56. The lowest BCUT2D eigenvalue weighted by atomic mass is 9.98. The van der Waals surface area contributed by atoms with Crippen molar-refractivity contribution in [2.75, 3.05) is 10.6 Å². The Balaban J connectivity index is 1.91. The van der Waals surface area contributed by atoms with Gasteiger partial charge >= 0.3 is 0 Å². The van der Waals surface area contributed by atoms with E-state index in [1.54, 1.807) is 13.0 Å². The molecule has 2 aromatic carbocycles. The highest BCUT2D eigenvalue weighted by Crippen LogP contribution is 2.30. The zero-order valence-corrected chi connectivity index (χ0v) is 17.0. The van der Waals surface area contributed by atoms with E-state index < -0.39 is 0 Å². The monoisotopic (exact) mass is 374 g/mol. The number of aryl methyl sites for hydroxylation is 2. The van der Waals surface area contributed by atoms with Gasteiger partial charge in [-0.1, -0.05) is 44.2 Å². The Bertz CT molecular complexity index is 1010. The van der Waals surface area contributed by atoms with E-state index in [2.05, 4.69) is 59.6 Å². The van der Waals surface area contributed by atoms with Crippen LogP contribution < -0.4 is 10.6 Å².